The Morgan fingerprint density at radius 3 is 2.84 bits per heavy atom. The topological polar surface area (TPSA) is 95.2 Å². The summed E-state index contributed by atoms with van der Waals surface area (Å²) in [6.07, 6.45) is 3.23. The summed E-state index contributed by atoms with van der Waals surface area (Å²) in [5.74, 6) is -2.17. The number of rotatable bonds is 3. The minimum Gasteiger partial charge on any atom is -0.481 e. The molecular weight excluding hydrogens is 324 g/mol. The molecule has 2 saturated heterocycles. The van der Waals surface area contributed by atoms with Gasteiger partial charge in [0.05, 0.1) is 23.2 Å². The highest BCUT2D eigenvalue weighted by Crippen LogP contribution is 2.44. The number of nitrogens with zero attached hydrogens (tertiary/aromatic N) is 4. The molecular formula is C17H18N4O4. The smallest absolute Gasteiger partial charge is 0.314 e. The highest BCUT2D eigenvalue weighted by Gasteiger charge is 2.62. The second kappa shape index (κ2) is 5.30. The van der Waals surface area contributed by atoms with E-state index >= 15 is 0 Å². The van der Waals surface area contributed by atoms with Crippen molar-refractivity contribution in [2.75, 3.05) is 26.2 Å². The first-order chi connectivity index (χ1) is 12.0. The van der Waals surface area contributed by atoms with E-state index in [2.05, 4.69) is 5.10 Å². The molecule has 1 N–H and O–H groups in total. The summed E-state index contributed by atoms with van der Waals surface area (Å²) in [4.78, 5) is 40.4. The van der Waals surface area contributed by atoms with Crippen LogP contribution in [0.25, 0.3) is 5.52 Å². The standard InChI is InChI=1S/C17H18N4O4/c1-2-19-9-17(16(24)25)10-20(8-12(17)15(19)23)14(22)11-7-18-21-6-4-3-5-13(11)21/h3-7,12H,2,8-10H2,1H3,(H,24,25)/t12-,17+/m1/s1. The molecule has 25 heavy (non-hydrogen) atoms. The molecule has 0 unspecified atom stereocenters. The first-order valence-corrected chi connectivity index (χ1v) is 8.22. The van der Waals surface area contributed by atoms with Gasteiger partial charge in [-0.3, -0.25) is 14.4 Å². The van der Waals surface area contributed by atoms with Gasteiger partial charge in [-0.1, -0.05) is 6.07 Å². The van der Waals surface area contributed by atoms with E-state index in [-0.39, 0.29) is 31.4 Å². The summed E-state index contributed by atoms with van der Waals surface area (Å²) in [6, 6.07) is 5.41. The van der Waals surface area contributed by atoms with Crippen molar-refractivity contribution >= 4 is 23.3 Å². The zero-order valence-corrected chi connectivity index (χ0v) is 13.8. The number of aliphatic carboxylic acids is 1. The third kappa shape index (κ3) is 2.06. The zero-order valence-electron chi connectivity index (χ0n) is 13.8. The number of hydrogen-bond donors (Lipinski definition) is 1. The number of amides is 2. The van der Waals surface area contributed by atoms with Gasteiger partial charge in [0.15, 0.2) is 0 Å². The lowest BCUT2D eigenvalue weighted by molar-refractivity contribution is -0.149. The molecule has 0 aliphatic carbocycles. The molecule has 8 heteroatoms. The lowest BCUT2D eigenvalue weighted by atomic mass is 9.81. The van der Waals surface area contributed by atoms with Gasteiger partial charge in [0.2, 0.25) is 5.91 Å². The number of carbonyl (C=O) groups excluding carboxylic acids is 2. The average molecular weight is 342 g/mol. The molecule has 2 aromatic heterocycles. The molecule has 4 rings (SSSR count). The Balaban J connectivity index is 1.67. The summed E-state index contributed by atoms with van der Waals surface area (Å²) in [7, 11) is 0. The molecule has 2 aliphatic heterocycles. The van der Waals surface area contributed by atoms with Crippen molar-refractivity contribution < 1.29 is 19.5 Å². The molecule has 2 fully saturated rings. The number of likely N-dealkylation sites (tertiary alicyclic amines) is 2. The third-order valence-corrected chi connectivity index (χ3v) is 5.38. The second-order valence-electron chi connectivity index (χ2n) is 6.64. The number of fused-ring (bicyclic) bond motifs is 2. The minimum absolute atomic E-state index is 0.0399. The van der Waals surface area contributed by atoms with E-state index in [0.717, 1.165) is 0 Å². The van der Waals surface area contributed by atoms with Crippen LogP contribution in [0.5, 0.6) is 0 Å². The van der Waals surface area contributed by atoms with Crippen molar-refractivity contribution in [1.82, 2.24) is 19.4 Å². The maximum atomic E-state index is 12.9. The lowest BCUT2D eigenvalue weighted by Crippen LogP contribution is -2.42. The quantitative estimate of drug-likeness (QED) is 0.868. The maximum Gasteiger partial charge on any atom is 0.314 e. The van der Waals surface area contributed by atoms with Crippen molar-refractivity contribution in [2.24, 2.45) is 11.3 Å². The Hall–Kier alpha value is -2.90. The van der Waals surface area contributed by atoms with Crippen molar-refractivity contribution in [1.29, 1.82) is 0 Å². The molecule has 0 radical (unpaired) electrons. The average Bonchev–Trinajstić information content (AvgIpc) is 3.26. The van der Waals surface area contributed by atoms with Crippen molar-refractivity contribution in [3.63, 3.8) is 0 Å². The molecule has 0 saturated carbocycles. The summed E-state index contributed by atoms with van der Waals surface area (Å²) in [6.45, 7) is 2.63. The molecule has 0 bridgehead atoms. The normalized spacial score (nSPS) is 25.6. The number of carboxylic acids is 1. The van der Waals surface area contributed by atoms with E-state index in [9.17, 15) is 19.5 Å². The van der Waals surface area contributed by atoms with Crippen LogP contribution in [0.3, 0.4) is 0 Å². The van der Waals surface area contributed by atoms with Crippen LogP contribution in [0.1, 0.15) is 17.3 Å². The summed E-state index contributed by atoms with van der Waals surface area (Å²) in [5, 5.41) is 13.9. The number of hydrogen-bond acceptors (Lipinski definition) is 4. The molecule has 2 aromatic rings. The van der Waals surface area contributed by atoms with E-state index in [1.165, 1.54) is 11.1 Å². The SMILES string of the molecule is CCN1C[C@]2(C(=O)O)CN(C(=O)c3cnn4ccccc34)C[C@@H]2C1=O. The molecule has 8 nitrogen and oxygen atoms in total. The van der Waals surface area contributed by atoms with Crippen LogP contribution in [0, 0.1) is 11.3 Å². The van der Waals surface area contributed by atoms with E-state index < -0.39 is 17.3 Å². The van der Waals surface area contributed by atoms with Gasteiger partial charge in [-0.15, -0.1) is 0 Å². The lowest BCUT2D eigenvalue weighted by Gasteiger charge is -2.24. The van der Waals surface area contributed by atoms with Crippen LogP contribution in [-0.4, -0.2) is 68.5 Å². The van der Waals surface area contributed by atoms with Crippen molar-refractivity contribution in [3.8, 4) is 0 Å². The van der Waals surface area contributed by atoms with Gasteiger partial charge in [-0.05, 0) is 19.1 Å². The van der Waals surface area contributed by atoms with Gasteiger partial charge < -0.3 is 14.9 Å². The van der Waals surface area contributed by atoms with Gasteiger partial charge >= 0.3 is 5.97 Å². The third-order valence-electron chi connectivity index (χ3n) is 5.38. The molecule has 2 amide bonds. The first kappa shape index (κ1) is 15.6. The highest BCUT2D eigenvalue weighted by atomic mass is 16.4. The molecule has 130 valence electrons. The van der Waals surface area contributed by atoms with Crippen LogP contribution in [0.4, 0.5) is 0 Å². The summed E-state index contributed by atoms with van der Waals surface area (Å²) >= 11 is 0. The largest absolute Gasteiger partial charge is 0.481 e. The van der Waals surface area contributed by atoms with Gasteiger partial charge in [0.25, 0.3) is 5.91 Å². The fourth-order valence-corrected chi connectivity index (χ4v) is 4.00. The Morgan fingerprint density at radius 2 is 2.16 bits per heavy atom. The summed E-state index contributed by atoms with van der Waals surface area (Å²) in [5.41, 5.74) is -0.137. The van der Waals surface area contributed by atoms with Crippen LogP contribution in [0.15, 0.2) is 30.6 Å². The molecule has 2 atom stereocenters. The van der Waals surface area contributed by atoms with E-state index in [4.69, 9.17) is 0 Å². The molecule has 2 aliphatic rings. The van der Waals surface area contributed by atoms with Gasteiger partial charge in [-0.25, -0.2) is 4.52 Å². The molecule has 0 aromatic carbocycles. The molecule has 4 heterocycles. The predicted octanol–water partition coefficient (Wildman–Crippen LogP) is 0.339. The monoisotopic (exact) mass is 342 g/mol. The van der Waals surface area contributed by atoms with Crippen molar-refractivity contribution in [2.45, 2.75) is 6.92 Å². The fraction of sp³-hybridized carbons (Fsp3) is 0.412. The Labute approximate surface area is 143 Å². The van der Waals surface area contributed by atoms with Crippen LogP contribution in [-0.2, 0) is 9.59 Å². The highest BCUT2D eigenvalue weighted by molar-refractivity contribution is 6.02. The second-order valence-corrected chi connectivity index (χ2v) is 6.64. The molecule has 0 spiro atoms. The Bertz CT molecular complexity index is 892. The first-order valence-electron chi connectivity index (χ1n) is 8.22. The van der Waals surface area contributed by atoms with Gasteiger partial charge in [-0.2, -0.15) is 5.10 Å². The van der Waals surface area contributed by atoms with E-state index in [1.807, 2.05) is 19.1 Å². The van der Waals surface area contributed by atoms with Crippen LogP contribution >= 0.6 is 0 Å². The number of carbonyl (C=O) groups is 3. The van der Waals surface area contributed by atoms with E-state index in [0.29, 0.717) is 17.6 Å². The van der Waals surface area contributed by atoms with Gasteiger partial charge in [0.1, 0.15) is 5.41 Å². The van der Waals surface area contributed by atoms with Crippen LogP contribution < -0.4 is 0 Å². The van der Waals surface area contributed by atoms with E-state index in [1.54, 1.807) is 21.7 Å². The Kier molecular flexibility index (Phi) is 3.31. The predicted molar refractivity (Wildman–Crippen MR) is 86.9 cm³/mol. The zero-order chi connectivity index (χ0) is 17.8. The van der Waals surface area contributed by atoms with Crippen molar-refractivity contribution in [3.05, 3.63) is 36.2 Å². The maximum absolute atomic E-state index is 12.9. The summed E-state index contributed by atoms with van der Waals surface area (Å²) < 4.78 is 1.60. The number of carboxylic acid groups (broad SMARTS) is 1. The fourth-order valence-electron chi connectivity index (χ4n) is 4.00. The number of aromatic nitrogens is 2. The minimum atomic E-state index is -1.22. The number of pyridine rings is 1. The Morgan fingerprint density at radius 1 is 1.36 bits per heavy atom. The van der Waals surface area contributed by atoms with Gasteiger partial charge in [0, 0.05) is 32.4 Å². The van der Waals surface area contributed by atoms with Crippen LogP contribution in [0.2, 0.25) is 0 Å².